The summed E-state index contributed by atoms with van der Waals surface area (Å²) in [6.45, 7) is 1.99. The van der Waals surface area contributed by atoms with Gasteiger partial charge in [0.15, 0.2) is 0 Å². The average molecular weight is 216 g/mol. The minimum Gasteiger partial charge on any atom is -0.384 e. The highest BCUT2D eigenvalue weighted by molar-refractivity contribution is 5.57. The van der Waals surface area contributed by atoms with E-state index in [2.05, 4.69) is 4.98 Å². The quantitative estimate of drug-likeness (QED) is 0.787. The second-order valence-electron chi connectivity index (χ2n) is 3.42. The number of hydrogen-bond acceptors (Lipinski definition) is 4. The van der Waals surface area contributed by atoms with E-state index >= 15 is 0 Å². The maximum atomic E-state index is 11.5. The van der Waals surface area contributed by atoms with Crippen molar-refractivity contribution in [1.82, 2.24) is 4.98 Å². The van der Waals surface area contributed by atoms with Crippen molar-refractivity contribution in [2.24, 2.45) is 0 Å². The standard InChI is InChI=1S/C11H12N4O/c1-2-3-4-7-8(5-12)10(14)15-11(16)9(7)6-13/h2-4H2,1H3,(H3,14,15,16). The lowest BCUT2D eigenvalue weighted by atomic mass is 9.99. The van der Waals surface area contributed by atoms with E-state index in [1.807, 2.05) is 19.1 Å². The van der Waals surface area contributed by atoms with Crippen LogP contribution < -0.4 is 11.3 Å². The molecule has 0 saturated carbocycles. The molecule has 16 heavy (non-hydrogen) atoms. The Kier molecular flexibility index (Phi) is 3.68. The minimum atomic E-state index is -0.523. The second kappa shape index (κ2) is 4.99. The molecular formula is C11H12N4O. The highest BCUT2D eigenvalue weighted by Crippen LogP contribution is 2.17. The monoisotopic (exact) mass is 216 g/mol. The number of nitriles is 2. The van der Waals surface area contributed by atoms with Gasteiger partial charge in [0.25, 0.3) is 5.56 Å². The molecule has 0 aromatic carbocycles. The van der Waals surface area contributed by atoms with Crippen molar-refractivity contribution in [2.45, 2.75) is 26.2 Å². The zero-order chi connectivity index (χ0) is 12.1. The van der Waals surface area contributed by atoms with Crippen LogP contribution in [-0.2, 0) is 6.42 Å². The van der Waals surface area contributed by atoms with Gasteiger partial charge in [0.1, 0.15) is 23.5 Å². The first-order chi connectivity index (χ1) is 7.65. The Hall–Kier alpha value is -2.27. The fourth-order valence-corrected chi connectivity index (χ4v) is 1.52. The number of nitrogens with two attached hydrogens (primary N) is 1. The number of pyridine rings is 1. The van der Waals surface area contributed by atoms with E-state index in [0.717, 1.165) is 12.8 Å². The number of hydrogen-bond donors (Lipinski definition) is 2. The molecule has 0 radical (unpaired) electrons. The van der Waals surface area contributed by atoms with Crippen molar-refractivity contribution < 1.29 is 0 Å². The maximum absolute atomic E-state index is 11.5. The van der Waals surface area contributed by atoms with E-state index in [1.165, 1.54) is 0 Å². The summed E-state index contributed by atoms with van der Waals surface area (Å²) in [5.41, 5.74) is 5.70. The predicted molar refractivity (Wildman–Crippen MR) is 59.5 cm³/mol. The number of nitrogens with zero attached hydrogens (tertiary/aromatic N) is 2. The van der Waals surface area contributed by atoms with Gasteiger partial charge in [0.2, 0.25) is 0 Å². The number of H-pyrrole nitrogens is 1. The molecule has 1 aromatic rings. The average Bonchev–Trinajstić information content (AvgIpc) is 2.26. The summed E-state index contributed by atoms with van der Waals surface area (Å²) in [7, 11) is 0. The van der Waals surface area contributed by atoms with E-state index in [9.17, 15) is 4.79 Å². The summed E-state index contributed by atoms with van der Waals surface area (Å²) >= 11 is 0. The molecule has 5 nitrogen and oxygen atoms in total. The number of aromatic amines is 1. The van der Waals surface area contributed by atoms with Gasteiger partial charge in [-0.1, -0.05) is 13.3 Å². The topological polar surface area (TPSA) is 106 Å². The van der Waals surface area contributed by atoms with Crippen molar-refractivity contribution in [3.05, 3.63) is 27.0 Å². The van der Waals surface area contributed by atoms with Crippen LogP contribution in [0.3, 0.4) is 0 Å². The molecule has 0 spiro atoms. The summed E-state index contributed by atoms with van der Waals surface area (Å²) in [5.74, 6) is 0.0394. The van der Waals surface area contributed by atoms with Crippen LogP contribution >= 0.6 is 0 Å². The summed E-state index contributed by atoms with van der Waals surface area (Å²) in [6.07, 6.45) is 2.26. The van der Waals surface area contributed by atoms with Crippen LogP contribution in [0.15, 0.2) is 4.79 Å². The molecule has 0 aliphatic heterocycles. The van der Waals surface area contributed by atoms with E-state index in [0.29, 0.717) is 12.0 Å². The third-order valence-corrected chi connectivity index (χ3v) is 2.35. The van der Waals surface area contributed by atoms with E-state index in [1.54, 1.807) is 0 Å². The summed E-state index contributed by atoms with van der Waals surface area (Å²) < 4.78 is 0. The van der Waals surface area contributed by atoms with Crippen molar-refractivity contribution in [3.63, 3.8) is 0 Å². The molecule has 3 N–H and O–H groups in total. The molecule has 82 valence electrons. The molecule has 0 atom stereocenters. The summed E-state index contributed by atoms with van der Waals surface area (Å²) in [5, 5.41) is 17.8. The van der Waals surface area contributed by atoms with E-state index < -0.39 is 5.56 Å². The Morgan fingerprint density at radius 2 is 1.94 bits per heavy atom. The van der Waals surface area contributed by atoms with Crippen LogP contribution in [0.1, 0.15) is 36.5 Å². The fourth-order valence-electron chi connectivity index (χ4n) is 1.52. The number of anilines is 1. The minimum absolute atomic E-state index is 0.000741. The Balaban J connectivity index is 3.46. The lowest BCUT2D eigenvalue weighted by Crippen LogP contribution is -2.18. The van der Waals surface area contributed by atoms with Crippen molar-refractivity contribution in [2.75, 3.05) is 5.73 Å². The van der Waals surface area contributed by atoms with Gasteiger partial charge < -0.3 is 10.7 Å². The Bertz CT molecular complexity index is 531. The van der Waals surface area contributed by atoms with Crippen LogP contribution in [0.5, 0.6) is 0 Å². The van der Waals surface area contributed by atoms with Crippen molar-refractivity contribution in [3.8, 4) is 12.1 Å². The predicted octanol–water partition coefficient (Wildman–Crippen LogP) is 1.04. The van der Waals surface area contributed by atoms with Gasteiger partial charge in [0, 0.05) is 0 Å². The van der Waals surface area contributed by atoms with Crippen LogP contribution in [0, 0.1) is 22.7 Å². The zero-order valence-electron chi connectivity index (χ0n) is 9.00. The Labute approximate surface area is 93.1 Å². The SMILES string of the molecule is CCCCc1c(C#N)c(N)[nH]c(=O)c1C#N. The van der Waals surface area contributed by atoms with E-state index in [-0.39, 0.29) is 16.9 Å². The van der Waals surface area contributed by atoms with Gasteiger partial charge in [-0.05, 0) is 18.4 Å². The summed E-state index contributed by atoms with van der Waals surface area (Å²) in [4.78, 5) is 13.8. The maximum Gasteiger partial charge on any atom is 0.267 e. The first kappa shape index (κ1) is 11.8. The number of unbranched alkanes of at least 4 members (excludes halogenated alkanes) is 1. The van der Waals surface area contributed by atoms with Crippen molar-refractivity contribution in [1.29, 1.82) is 10.5 Å². The van der Waals surface area contributed by atoms with Crippen LogP contribution in [0.25, 0.3) is 0 Å². The molecule has 1 rings (SSSR count). The molecule has 0 aliphatic carbocycles. The first-order valence-electron chi connectivity index (χ1n) is 5.00. The smallest absolute Gasteiger partial charge is 0.267 e. The number of aromatic nitrogens is 1. The zero-order valence-corrected chi connectivity index (χ0v) is 9.00. The Morgan fingerprint density at radius 3 is 2.44 bits per heavy atom. The molecule has 0 amide bonds. The number of nitrogens with one attached hydrogen (secondary N) is 1. The van der Waals surface area contributed by atoms with Gasteiger partial charge in [-0.25, -0.2) is 0 Å². The molecule has 0 aliphatic rings. The van der Waals surface area contributed by atoms with Gasteiger partial charge in [-0.15, -0.1) is 0 Å². The van der Waals surface area contributed by atoms with Crippen molar-refractivity contribution >= 4 is 5.82 Å². The third-order valence-electron chi connectivity index (χ3n) is 2.35. The molecule has 1 heterocycles. The highest BCUT2D eigenvalue weighted by atomic mass is 16.1. The van der Waals surface area contributed by atoms with Gasteiger partial charge in [0.05, 0.1) is 5.56 Å². The number of nitrogen functional groups attached to an aromatic ring is 1. The summed E-state index contributed by atoms with van der Waals surface area (Å²) in [6, 6.07) is 3.75. The molecule has 1 aromatic heterocycles. The van der Waals surface area contributed by atoms with Gasteiger partial charge in [-0.3, -0.25) is 4.79 Å². The van der Waals surface area contributed by atoms with Gasteiger partial charge in [-0.2, -0.15) is 10.5 Å². The second-order valence-corrected chi connectivity index (χ2v) is 3.42. The molecule has 0 saturated heterocycles. The Morgan fingerprint density at radius 1 is 1.31 bits per heavy atom. The highest BCUT2D eigenvalue weighted by Gasteiger charge is 2.15. The lowest BCUT2D eigenvalue weighted by Gasteiger charge is -2.07. The molecule has 0 bridgehead atoms. The van der Waals surface area contributed by atoms with Gasteiger partial charge >= 0.3 is 0 Å². The van der Waals surface area contributed by atoms with Crippen LogP contribution in [-0.4, -0.2) is 4.98 Å². The fraction of sp³-hybridized carbons (Fsp3) is 0.364. The first-order valence-corrected chi connectivity index (χ1v) is 5.00. The largest absolute Gasteiger partial charge is 0.384 e. The normalized spacial score (nSPS) is 9.44. The molecule has 0 fully saturated rings. The third kappa shape index (κ3) is 2.04. The molecule has 0 unspecified atom stereocenters. The van der Waals surface area contributed by atoms with Crippen LogP contribution in [0.4, 0.5) is 5.82 Å². The van der Waals surface area contributed by atoms with E-state index in [4.69, 9.17) is 16.3 Å². The lowest BCUT2D eigenvalue weighted by molar-refractivity contribution is 0.789. The van der Waals surface area contributed by atoms with Crippen LogP contribution in [0.2, 0.25) is 0 Å². The molecular weight excluding hydrogens is 204 g/mol. The number of rotatable bonds is 3. The molecule has 5 heteroatoms.